The van der Waals surface area contributed by atoms with E-state index in [1.54, 1.807) is 0 Å². The van der Waals surface area contributed by atoms with Crippen LogP contribution in [0, 0.1) is 12.3 Å². The van der Waals surface area contributed by atoms with E-state index < -0.39 is 6.10 Å². The number of nitrogens with two attached hydrogens (primary N) is 1. The van der Waals surface area contributed by atoms with Crippen LogP contribution in [0.1, 0.15) is 51.7 Å². The van der Waals surface area contributed by atoms with Crippen molar-refractivity contribution in [3.63, 3.8) is 0 Å². The highest BCUT2D eigenvalue weighted by atomic mass is 16.5. The zero-order valence-corrected chi connectivity index (χ0v) is 13.6. The molecule has 0 fully saturated rings. The van der Waals surface area contributed by atoms with Crippen LogP contribution < -0.4 is 10.5 Å². The maximum absolute atomic E-state index is 9.59. The molecule has 0 spiro atoms. The van der Waals surface area contributed by atoms with Crippen LogP contribution in [0.5, 0.6) is 5.75 Å². The zero-order chi connectivity index (χ0) is 15.5. The Labute approximate surface area is 123 Å². The second-order valence-corrected chi connectivity index (χ2v) is 6.91. The van der Waals surface area contributed by atoms with Gasteiger partial charge in [-0.2, -0.15) is 0 Å². The predicted octanol–water partition coefficient (Wildman–Crippen LogP) is 3.23. The van der Waals surface area contributed by atoms with Crippen LogP contribution in [0.4, 0.5) is 0 Å². The van der Waals surface area contributed by atoms with Crippen LogP contribution in [0.3, 0.4) is 0 Å². The molecule has 3 heteroatoms. The lowest BCUT2D eigenvalue weighted by atomic mass is 9.84. The minimum Gasteiger partial charge on any atom is -0.486 e. The lowest BCUT2D eigenvalue weighted by molar-refractivity contribution is 0.0586. The monoisotopic (exact) mass is 279 g/mol. The summed E-state index contributed by atoms with van der Waals surface area (Å²) in [4.78, 5) is 0. The fourth-order valence-electron chi connectivity index (χ4n) is 2.05. The van der Waals surface area contributed by atoms with Gasteiger partial charge in [0.1, 0.15) is 11.9 Å². The maximum Gasteiger partial charge on any atom is 0.137 e. The van der Waals surface area contributed by atoms with E-state index in [4.69, 9.17) is 10.5 Å². The van der Waals surface area contributed by atoms with Gasteiger partial charge in [0.25, 0.3) is 0 Å². The van der Waals surface area contributed by atoms with Gasteiger partial charge < -0.3 is 15.6 Å². The lowest BCUT2D eigenvalue weighted by Crippen LogP contribution is -2.49. The zero-order valence-electron chi connectivity index (χ0n) is 13.6. The number of aliphatic hydroxyl groups is 1. The third-order valence-corrected chi connectivity index (χ3v) is 3.74. The Bertz CT molecular complexity index is 435. The number of hydrogen-bond donors (Lipinski definition) is 2. The quantitative estimate of drug-likeness (QED) is 0.870. The molecule has 0 saturated carbocycles. The highest BCUT2D eigenvalue weighted by Crippen LogP contribution is 2.28. The highest BCUT2D eigenvalue weighted by molar-refractivity contribution is 5.38. The maximum atomic E-state index is 9.59. The standard InChI is InChI=1S/C17H29NO2/c1-11(2)13-8-7-12(3)14(9-13)20-15(10-19)16(18)17(4,5)6/h7-9,11,15-16,19H,10,18H2,1-6H3. The van der Waals surface area contributed by atoms with Gasteiger partial charge >= 0.3 is 0 Å². The van der Waals surface area contributed by atoms with Gasteiger partial charge in [0.15, 0.2) is 0 Å². The van der Waals surface area contributed by atoms with E-state index in [-0.39, 0.29) is 18.1 Å². The van der Waals surface area contributed by atoms with Crippen molar-refractivity contribution in [3.8, 4) is 5.75 Å². The Kier molecular flexibility index (Phi) is 5.60. The van der Waals surface area contributed by atoms with E-state index >= 15 is 0 Å². The molecule has 0 heterocycles. The third-order valence-electron chi connectivity index (χ3n) is 3.74. The van der Waals surface area contributed by atoms with Crippen molar-refractivity contribution in [2.45, 2.75) is 59.6 Å². The average Bonchev–Trinajstić information content (AvgIpc) is 2.35. The van der Waals surface area contributed by atoms with Gasteiger partial charge in [-0.1, -0.05) is 46.8 Å². The van der Waals surface area contributed by atoms with Crippen molar-refractivity contribution < 1.29 is 9.84 Å². The molecule has 114 valence electrons. The number of rotatable bonds is 5. The molecule has 0 amide bonds. The summed E-state index contributed by atoms with van der Waals surface area (Å²) in [7, 11) is 0. The van der Waals surface area contributed by atoms with E-state index in [0.29, 0.717) is 5.92 Å². The number of aliphatic hydroxyl groups excluding tert-OH is 1. The first-order valence-corrected chi connectivity index (χ1v) is 7.30. The summed E-state index contributed by atoms with van der Waals surface area (Å²) in [5.74, 6) is 1.26. The number of hydrogen-bond acceptors (Lipinski definition) is 3. The molecule has 2 unspecified atom stereocenters. The van der Waals surface area contributed by atoms with Gasteiger partial charge in [0.05, 0.1) is 6.61 Å². The van der Waals surface area contributed by atoms with E-state index in [9.17, 15) is 5.11 Å². The Hall–Kier alpha value is -1.06. The first-order chi connectivity index (χ1) is 9.16. The minimum atomic E-state index is -0.392. The second kappa shape index (κ2) is 6.59. The number of ether oxygens (including phenoxy) is 1. The Morgan fingerprint density at radius 1 is 1.25 bits per heavy atom. The highest BCUT2D eigenvalue weighted by Gasteiger charge is 2.30. The van der Waals surface area contributed by atoms with E-state index in [0.717, 1.165) is 11.3 Å². The fraction of sp³-hybridized carbons (Fsp3) is 0.647. The normalized spacial score (nSPS) is 15.2. The van der Waals surface area contributed by atoms with Gasteiger partial charge in [-0.25, -0.2) is 0 Å². The van der Waals surface area contributed by atoms with E-state index in [1.807, 2.05) is 6.92 Å². The summed E-state index contributed by atoms with van der Waals surface area (Å²) in [6.07, 6.45) is -0.392. The van der Waals surface area contributed by atoms with Gasteiger partial charge in [-0.05, 0) is 35.4 Å². The lowest BCUT2D eigenvalue weighted by Gasteiger charge is -2.33. The summed E-state index contributed by atoms with van der Waals surface area (Å²) < 4.78 is 6.00. The molecule has 0 saturated heterocycles. The Balaban J connectivity index is 2.98. The molecule has 0 radical (unpaired) electrons. The van der Waals surface area contributed by atoms with Crippen molar-refractivity contribution in [1.29, 1.82) is 0 Å². The number of aryl methyl sites for hydroxylation is 1. The Morgan fingerprint density at radius 3 is 2.30 bits per heavy atom. The van der Waals surface area contributed by atoms with Crippen molar-refractivity contribution in [1.82, 2.24) is 0 Å². The number of benzene rings is 1. The van der Waals surface area contributed by atoms with Crippen LogP contribution in [-0.4, -0.2) is 23.9 Å². The molecule has 0 aliphatic rings. The van der Waals surface area contributed by atoms with Crippen molar-refractivity contribution >= 4 is 0 Å². The van der Waals surface area contributed by atoms with Crippen LogP contribution in [0.2, 0.25) is 0 Å². The van der Waals surface area contributed by atoms with Crippen LogP contribution in [-0.2, 0) is 0 Å². The van der Waals surface area contributed by atoms with Crippen LogP contribution in [0.15, 0.2) is 18.2 Å². The molecule has 3 nitrogen and oxygen atoms in total. The van der Waals surface area contributed by atoms with Crippen molar-refractivity contribution in [2.24, 2.45) is 11.1 Å². The SMILES string of the molecule is Cc1ccc(C(C)C)cc1OC(CO)C(N)C(C)(C)C. The van der Waals surface area contributed by atoms with Gasteiger partial charge in [-0.3, -0.25) is 0 Å². The summed E-state index contributed by atoms with van der Waals surface area (Å²) in [6.45, 7) is 12.4. The first-order valence-electron chi connectivity index (χ1n) is 7.30. The fourth-order valence-corrected chi connectivity index (χ4v) is 2.05. The molecule has 0 aliphatic carbocycles. The first kappa shape index (κ1) is 17.0. The molecular formula is C17H29NO2. The smallest absolute Gasteiger partial charge is 0.137 e. The topological polar surface area (TPSA) is 55.5 Å². The predicted molar refractivity (Wildman–Crippen MR) is 84.2 cm³/mol. The molecule has 3 N–H and O–H groups in total. The van der Waals surface area contributed by atoms with E-state index in [1.165, 1.54) is 5.56 Å². The third kappa shape index (κ3) is 4.22. The van der Waals surface area contributed by atoms with Crippen molar-refractivity contribution in [3.05, 3.63) is 29.3 Å². The molecule has 0 aliphatic heterocycles. The van der Waals surface area contributed by atoms with Crippen LogP contribution in [0.25, 0.3) is 0 Å². The largest absolute Gasteiger partial charge is 0.486 e. The second-order valence-electron chi connectivity index (χ2n) is 6.91. The molecule has 20 heavy (non-hydrogen) atoms. The summed E-state index contributed by atoms with van der Waals surface area (Å²) in [5, 5.41) is 9.59. The molecular weight excluding hydrogens is 250 g/mol. The van der Waals surface area contributed by atoms with Gasteiger partial charge in [0.2, 0.25) is 0 Å². The summed E-state index contributed by atoms with van der Waals surface area (Å²) in [6, 6.07) is 6.00. The van der Waals surface area contributed by atoms with E-state index in [2.05, 4.69) is 52.8 Å². The average molecular weight is 279 g/mol. The van der Waals surface area contributed by atoms with Gasteiger partial charge in [0, 0.05) is 6.04 Å². The summed E-state index contributed by atoms with van der Waals surface area (Å²) >= 11 is 0. The summed E-state index contributed by atoms with van der Waals surface area (Å²) in [5.41, 5.74) is 8.39. The van der Waals surface area contributed by atoms with Gasteiger partial charge in [-0.15, -0.1) is 0 Å². The van der Waals surface area contributed by atoms with Crippen LogP contribution >= 0.6 is 0 Å². The molecule has 2 atom stereocenters. The molecule has 1 aromatic rings. The molecule has 1 rings (SSSR count). The van der Waals surface area contributed by atoms with Crippen molar-refractivity contribution in [2.75, 3.05) is 6.61 Å². The minimum absolute atomic E-state index is 0.0796. The molecule has 0 bridgehead atoms. The molecule has 0 aromatic heterocycles. The molecule has 1 aromatic carbocycles. The Morgan fingerprint density at radius 2 is 1.85 bits per heavy atom.